The fourth-order valence-corrected chi connectivity index (χ4v) is 2.89. The number of nitrogens with zero attached hydrogens (tertiary/aromatic N) is 1. The highest BCUT2D eigenvalue weighted by Crippen LogP contribution is 2.19. The molecule has 0 aromatic heterocycles. The summed E-state index contributed by atoms with van der Waals surface area (Å²) in [5.74, 6) is -0.163. The highest BCUT2D eigenvalue weighted by Gasteiger charge is 2.17. The molecule has 2 aromatic carbocycles. The van der Waals surface area contributed by atoms with Crippen LogP contribution in [0.4, 0.5) is 4.79 Å². The molecule has 1 unspecified atom stereocenters. The van der Waals surface area contributed by atoms with Crippen molar-refractivity contribution >= 4 is 18.2 Å². The lowest BCUT2D eigenvalue weighted by molar-refractivity contribution is 0.0526. The summed E-state index contributed by atoms with van der Waals surface area (Å²) in [5, 5.41) is 9.57. The van der Waals surface area contributed by atoms with Crippen LogP contribution in [0.5, 0.6) is 0 Å². The van der Waals surface area contributed by atoms with E-state index in [9.17, 15) is 9.59 Å². The number of oxime groups is 1. The van der Waals surface area contributed by atoms with Gasteiger partial charge in [-0.1, -0.05) is 47.6 Å². The molecule has 0 radical (unpaired) electrons. The summed E-state index contributed by atoms with van der Waals surface area (Å²) in [6, 6.07) is 16.7. The van der Waals surface area contributed by atoms with E-state index in [0.29, 0.717) is 24.9 Å². The molecule has 166 valence electrons. The minimum absolute atomic E-state index is 0.163. The quantitative estimate of drug-likeness (QED) is 0.353. The molecule has 0 bridgehead atoms. The summed E-state index contributed by atoms with van der Waals surface area (Å²) in [6.07, 6.45) is 2.49. The lowest BCUT2D eigenvalue weighted by Crippen LogP contribution is -2.33. The van der Waals surface area contributed by atoms with Crippen molar-refractivity contribution in [2.45, 2.75) is 45.3 Å². The van der Waals surface area contributed by atoms with Gasteiger partial charge >= 0.3 is 6.09 Å². The fourth-order valence-electron chi connectivity index (χ4n) is 2.89. The van der Waals surface area contributed by atoms with Crippen molar-refractivity contribution in [3.05, 3.63) is 71.3 Å². The SMILES string of the molecule is CON=Cc1ccc(C(=O)NC(CCCNC(=O)OC(C)(C)C)c2ccccc2)cc1. The van der Waals surface area contributed by atoms with E-state index in [1.807, 2.05) is 51.1 Å². The molecule has 0 fully saturated rings. The first-order valence-corrected chi connectivity index (χ1v) is 10.3. The van der Waals surface area contributed by atoms with Crippen molar-refractivity contribution in [2.24, 2.45) is 5.16 Å². The Morgan fingerprint density at radius 1 is 1.06 bits per heavy atom. The minimum atomic E-state index is -0.532. The van der Waals surface area contributed by atoms with Crippen LogP contribution in [0.15, 0.2) is 59.8 Å². The molecule has 0 saturated heterocycles. The first-order valence-electron chi connectivity index (χ1n) is 10.3. The molecule has 0 aliphatic heterocycles. The number of hydrogen-bond donors (Lipinski definition) is 2. The van der Waals surface area contributed by atoms with Gasteiger partial charge in [0.25, 0.3) is 5.91 Å². The summed E-state index contributed by atoms with van der Waals surface area (Å²) in [5.41, 5.74) is 1.88. The van der Waals surface area contributed by atoms with E-state index >= 15 is 0 Å². The zero-order valence-electron chi connectivity index (χ0n) is 18.6. The van der Waals surface area contributed by atoms with E-state index in [-0.39, 0.29) is 11.9 Å². The van der Waals surface area contributed by atoms with E-state index < -0.39 is 11.7 Å². The molecule has 0 spiro atoms. The van der Waals surface area contributed by atoms with Gasteiger partial charge in [-0.05, 0) is 56.9 Å². The van der Waals surface area contributed by atoms with Gasteiger partial charge in [-0.3, -0.25) is 4.79 Å². The minimum Gasteiger partial charge on any atom is -0.444 e. The molecule has 7 nitrogen and oxygen atoms in total. The van der Waals surface area contributed by atoms with Crippen molar-refractivity contribution < 1.29 is 19.2 Å². The van der Waals surface area contributed by atoms with Gasteiger partial charge in [0.2, 0.25) is 0 Å². The highest BCUT2D eigenvalue weighted by molar-refractivity contribution is 5.95. The van der Waals surface area contributed by atoms with Crippen LogP contribution in [-0.4, -0.2) is 37.5 Å². The number of nitrogens with one attached hydrogen (secondary N) is 2. The molecular formula is C24H31N3O4. The monoisotopic (exact) mass is 425 g/mol. The van der Waals surface area contributed by atoms with E-state index in [1.165, 1.54) is 7.11 Å². The normalized spacial score (nSPS) is 12.3. The highest BCUT2D eigenvalue weighted by atomic mass is 16.6. The van der Waals surface area contributed by atoms with Crippen molar-refractivity contribution in [2.75, 3.05) is 13.7 Å². The molecule has 2 N–H and O–H groups in total. The zero-order valence-corrected chi connectivity index (χ0v) is 18.6. The smallest absolute Gasteiger partial charge is 0.407 e. The third-order valence-corrected chi connectivity index (χ3v) is 4.33. The maximum Gasteiger partial charge on any atom is 0.407 e. The Kier molecular flexibility index (Phi) is 9.06. The molecule has 7 heteroatoms. The molecule has 2 rings (SSSR count). The standard InChI is InChI=1S/C24H31N3O4/c1-24(2,3)31-23(29)25-16-8-11-21(19-9-6-5-7-10-19)27-22(28)20-14-12-18(13-15-20)17-26-30-4/h5-7,9-10,12-15,17,21H,8,11,16H2,1-4H3,(H,25,29)(H,27,28). The largest absolute Gasteiger partial charge is 0.444 e. The zero-order chi connectivity index (χ0) is 22.7. The topological polar surface area (TPSA) is 89.0 Å². The summed E-state index contributed by atoms with van der Waals surface area (Å²) in [6.45, 7) is 5.93. The van der Waals surface area contributed by atoms with Crippen LogP contribution in [0, 0.1) is 0 Å². The lowest BCUT2D eigenvalue weighted by Gasteiger charge is -2.21. The molecule has 2 amide bonds. The number of amides is 2. The summed E-state index contributed by atoms with van der Waals surface area (Å²) in [7, 11) is 1.48. The summed E-state index contributed by atoms with van der Waals surface area (Å²) >= 11 is 0. The van der Waals surface area contributed by atoms with Crippen LogP contribution >= 0.6 is 0 Å². The molecule has 0 saturated carbocycles. The van der Waals surface area contributed by atoms with Crippen LogP contribution in [0.3, 0.4) is 0 Å². The van der Waals surface area contributed by atoms with Crippen LogP contribution < -0.4 is 10.6 Å². The second-order valence-electron chi connectivity index (χ2n) is 8.05. The van der Waals surface area contributed by atoms with Gasteiger partial charge < -0.3 is 20.2 Å². The first-order chi connectivity index (χ1) is 14.8. The Morgan fingerprint density at radius 3 is 2.35 bits per heavy atom. The van der Waals surface area contributed by atoms with Crippen molar-refractivity contribution in [1.29, 1.82) is 0 Å². The molecule has 0 aliphatic rings. The number of hydrogen-bond acceptors (Lipinski definition) is 5. The second-order valence-corrected chi connectivity index (χ2v) is 8.05. The molecule has 2 aromatic rings. The molecule has 31 heavy (non-hydrogen) atoms. The number of benzene rings is 2. The van der Waals surface area contributed by atoms with Crippen LogP contribution in [0.1, 0.15) is 61.1 Å². The number of alkyl carbamates (subject to hydrolysis) is 1. The van der Waals surface area contributed by atoms with Crippen molar-refractivity contribution in [1.82, 2.24) is 10.6 Å². The Balaban J connectivity index is 1.96. The fraction of sp³-hybridized carbons (Fsp3) is 0.375. The number of carbonyl (C=O) groups excluding carboxylic acids is 2. The van der Waals surface area contributed by atoms with E-state index in [2.05, 4.69) is 20.6 Å². The van der Waals surface area contributed by atoms with Gasteiger partial charge in [0, 0.05) is 12.1 Å². The molecule has 0 aliphatic carbocycles. The number of carbonyl (C=O) groups is 2. The number of ether oxygens (including phenoxy) is 1. The van der Waals surface area contributed by atoms with E-state index in [4.69, 9.17) is 4.74 Å². The van der Waals surface area contributed by atoms with Crippen LogP contribution in [0.25, 0.3) is 0 Å². The predicted molar refractivity (Wildman–Crippen MR) is 121 cm³/mol. The number of rotatable bonds is 9. The third kappa shape index (κ3) is 8.90. The van der Waals surface area contributed by atoms with Gasteiger partial charge in [-0.25, -0.2) is 4.79 Å². The Labute approximate surface area is 183 Å². The first kappa shape index (κ1) is 23.9. The Hall–Kier alpha value is -3.35. The van der Waals surface area contributed by atoms with Crippen molar-refractivity contribution in [3.63, 3.8) is 0 Å². The van der Waals surface area contributed by atoms with E-state index in [0.717, 1.165) is 11.1 Å². The van der Waals surface area contributed by atoms with Crippen molar-refractivity contribution in [3.8, 4) is 0 Å². The maximum absolute atomic E-state index is 12.8. The Morgan fingerprint density at radius 2 is 1.74 bits per heavy atom. The Bertz CT molecular complexity index is 859. The molecule has 0 heterocycles. The second kappa shape index (κ2) is 11.7. The van der Waals surface area contributed by atoms with Gasteiger partial charge in [0.1, 0.15) is 12.7 Å². The predicted octanol–water partition coefficient (Wildman–Crippen LogP) is 4.44. The van der Waals surface area contributed by atoms with Gasteiger partial charge in [-0.2, -0.15) is 0 Å². The molecular weight excluding hydrogens is 394 g/mol. The van der Waals surface area contributed by atoms with Crippen LogP contribution in [-0.2, 0) is 9.57 Å². The van der Waals surface area contributed by atoms with Gasteiger partial charge in [0.15, 0.2) is 0 Å². The van der Waals surface area contributed by atoms with Gasteiger partial charge in [0.05, 0.1) is 12.3 Å². The molecule has 1 atom stereocenters. The average Bonchev–Trinajstić information content (AvgIpc) is 2.74. The third-order valence-electron chi connectivity index (χ3n) is 4.33. The summed E-state index contributed by atoms with van der Waals surface area (Å²) < 4.78 is 5.25. The van der Waals surface area contributed by atoms with E-state index in [1.54, 1.807) is 30.5 Å². The lowest BCUT2D eigenvalue weighted by atomic mass is 10.0. The van der Waals surface area contributed by atoms with Crippen LogP contribution in [0.2, 0.25) is 0 Å². The average molecular weight is 426 g/mol. The maximum atomic E-state index is 12.8. The van der Waals surface area contributed by atoms with Gasteiger partial charge in [-0.15, -0.1) is 0 Å². The summed E-state index contributed by atoms with van der Waals surface area (Å²) in [4.78, 5) is 29.3.